The largest absolute Gasteiger partial charge is 0.328 e. The predicted octanol–water partition coefficient (Wildman–Crippen LogP) is 4.35. The Hall–Kier alpha value is -0.380. The molecule has 1 unspecified atom stereocenters. The van der Waals surface area contributed by atoms with Crippen LogP contribution in [0.25, 0.3) is 0 Å². The van der Waals surface area contributed by atoms with Crippen LogP contribution in [0.4, 0.5) is 0 Å². The lowest BCUT2D eigenvalue weighted by molar-refractivity contribution is 0.109. The van der Waals surface area contributed by atoms with E-state index in [1.54, 1.807) is 0 Å². The van der Waals surface area contributed by atoms with E-state index in [9.17, 15) is 0 Å². The average molecular weight is 295 g/mol. The number of hydrogen-bond donors (Lipinski definition) is 1. The van der Waals surface area contributed by atoms with Crippen molar-refractivity contribution in [3.63, 3.8) is 0 Å². The summed E-state index contributed by atoms with van der Waals surface area (Å²) in [6.45, 7) is 8.13. The summed E-state index contributed by atoms with van der Waals surface area (Å²) in [5, 5.41) is 0. The van der Waals surface area contributed by atoms with Gasteiger partial charge in [-0.05, 0) is 64.1 Å². The molecule has 20 heavy (non-hydrogen) atoms. The van der Waals surface area contributed by atoms with Crippen molar-refractivity contribution in [2.75, 3.05) is 6.54 Å². The van der Waals surface area contributed by atoms with Crippen molar-refractivity contribution >= 4 is 11.3 Å². The molecule has 0 spiro atoms. The minimum Gasteiger partial charge on any atom is -0.328 e. The van der Waals surface area contributed by atoms with E-state index in [2.05, 4.69) is 37.8 Å². The summed E-state index contributed by atoms with van der Waals surface area (Å²) in [5.41, 5.74) is 6.06. The van der Waals surface area contributed by atoms with E-state index in [1.807, 2.05) is 11.3 Å². The first-order chi connectivity index (χ1) is 9.65. The highest BCUT2D eigenvalue weighted by Crippen LogP contribution is 2.33. The standard InChI is InChI=1S/C17H30N2S/c1-4-12-19(15-8-6-14(18)7-9-15)13(3)17-11-10-16(5-2)20-17/h10-11,13-15H,4-9,12,18H2,1-3H3. The molecule has 1 aromatic heterocycles. The van der Waals surface area contributed by atoms with Crippen molar-refractivity contribution in [1.82, 2.24) is 4.90 Å². The van der Waals surface area contributed by atoms with Gasteiger partial charge < -0.3 is 5.73 Å². The minimum absolute atomic E-state index is 0.443. The Morgan fingerprint density at radius 2 is 1.95 bits per heavy atom. The SMILES string of the molecule is CCCN(C1CCC(N)CC1)C(C)c1ccc(CC)s1. The van der Waals surface area contributed by atoms with Crippen LogP contribution in [0.1, 0.15) is 68.7 Å². The maximum atomic E-state index is 6.06. The van der Waals surface area contributed by atoms with Crippen LogP contribution in [0, 0.1) is 0 Å². The molecule has 3 heteroatoms. The number of nitrogens with zero attached hydrogens (tertiary/aromatic N) is 1. The lowest BCUT2D eigenvalue weighted by Crippen LogP contribution is -2.42. The lowest BCUT2D eigenvalue weighted by Gasteiger charge is -2.39. The van der Waals surface area contributed by atoms with Crippen LogP contribution >= 0.6 is 11.3 Å². The van der Waals surface area contributed by atoms with Gasteiger partial charge in [0, 0.05) is 27.9 Å². The molecular formula is C17H30N2S. The summed E-state index contributed by atoms with van der Waals surface area (Å²) in [6.07, 6.45) is 7.34. The van der Waals surface area contributed by atoms with Gasteiger partial charge in [0.25, 0.3) is 0 Å². The normalized spacial score (nSPS) is 25.1. The van der Waals surface area contributed by atoms with Gasteiger partial charge in [-0.2, -0.15) is 0 Å². The van der Waals surface area contributed by atoms with E-state index >= 15 is 0 Å². The predicted molar refractivity (Wildman–Crippen MR) is 89.3 cm³/mol. The van der Waals surface area contributed by atoms with Crippen molar-refractivity contribution in [1.29, 1.82) is 0 Å². The molecule has 0 radical (unpaired) electrons. The number of rotatable bonds is 6. The van der Waals surface area contributed by atoms with Gasteiger partial charge in [-0.3, -0.25) is 4.90 Å². The molecule has 1 aromatic rings. The Labute approximate surface area is 128 Å². The summed E-state index contributed by atoms with van der Waals surface area (Å²) in [4.78, 5) is 5.77. The van der Waals surface area contributed by atoms with Gasteiger partial charge in [-0.1, -0.05) is 13.8 Å². The first kappa shape index (κ1) is 16.0. The first-order valence-electron chi connectivity index (χ1n) is 8.25. The highest BCUT2D eigenvalue weighted by molar-refractivity contribution is 7.12. The zero-order valence-corrected chi connectivity index (χ0v) is 14.1. The van der Waals surface area contributed by atoms with Crippen LogP contribution in [-0.2, 0) is 6.42 Å². The van der Waals surface area contributed by atoms with Crippen LogP contribution < -0.4 is 5.73 Å². The van der Waals surface area contributed by atoms with Crippen molar-refractivity contribution in [2.24, 2.45) is 5.73 Å². The van der Waals surface area contributed by atoms with E-state index < -0.39 is 0 Å². The molecule has 1 heterocycles. The van der Waals surface area contributed by atoms with Crippen LogP contribution in [-0.4, -0.2) is 23.5 Å². The molecule has 0 aromatic carbocycles. The Kier molecular flexibility index (Phi) is 6.06. The van der Waals surface area contributed by atoms with Gasteiger partial charge in [0.1, 0.15) is 0 Å². The molecular weight excluding hydrogens is 264 g/mol. The van der Waals surface area contributed by atoms with E-state index in [-0.39, 0.29) is 0 Å². The topological polar surface area (TPSA) is 29.3 Å². The monoisotopic (exact) mass is 294 g/mol. The third kappa shape index (κ3) is 3.84. The van der Waals surface area contributed by atoms with Gasteiger partial charge in [0.05, 0.1) is 0 Å². The number of thiophene rings is 1. The second-order valence-electron chi connectivity index (χ2n) is 6.14. The molecule has 0 bridgehead atoms. The molecule has 0 aliphatic heterocycles. The van der Waals surface area contributed by atoms with Crippen LogP contribution in [0.2, 0.25) is 0 Å². The van der Waals surface area contributed by atoms with Gasteiger partial charge in [-0.25, -0.2) is 0 Å². The van der Waals surface area contributed by atoms with E-state index in [0.29, 0.717) is 12.1 Å². The van der Waals surface area contributed by atoms with Gasteiger partial charge in [-0.15, -0.1) is 11.3 Å². The second-order valence-corrected chi connectivity index (χ2v) is 7.34. The fraction of sp³-hybridized carbons (Fsp3) is 0.765. The summed E-state index contributed by atoms with van der Waals surface area (Å²) >= 11 is 1.99. The number of nitrogens with two attached hydrogens (primary N) is 1. The molecule has 2 rings (SSSR count). The molecule has 1 atom stereocenters. The average Bonchev–Trinajstić information content (AvgIpc) is 2.94. The van der Waals surface area contributed by atoms with E-state index in [1.165, 1.54) is 48.4 Å². The van der Waals surface area contributed by atoms with Crippen molar-refractivity contribution in [3.05, 3.63) is 21.9 Å². The highest BCUT2D eigenvalue weighted by atomic mass is 32.1. The van der Waals surface area contributed by atoms with Crippen molar-refractivity contribution < 1.29 is 0 Å². The Morgan fingerprint density at radius 3 is 2.50 bits per heavy atom. The maximum absolute atomic E-state index is 6.06. The first-order valence-corrected chi connectivity index (χ1v) is 9.07. The molecule has 1 aliphatic carbocycles. The highest BCUT2D eigenvalue weighted by Gasteiger charge is 2.28. The van der Waals surface area contributed by atoms with Crippen LogP contribution in [0.5, 0.6) is 0 Å². The Morgan fingerprint density at radius 1 is 1.25 bits per heavy atom. The molecule has 114 valence electrons. The van der Waals surface area contributed by atoms with E-state index in [4.69, 9.17) is 5.73 Å². The molecule has 1 aliphatic rings. The van der Waals surface area contributed by atoms with Crippen LogP contribution in [0.15, 0.2) is 12.1 Å². The summed E-state index contributed by atoms with van der Waals surface area (Å²) < 4.78 is 0. The smallest absolute Gasteiger partial charge is 0.0416 e. The molecule has 0 amide bonds. The maximum Gasteiger partial charge on any atom is 0.0416 e. The second kappa shape index (κ2) is 7.58. The molecule has 2 nitrogen and oxygen atoms in total. The number of hydrogen-bond acceptors (Lipinski definition) is 3. The van der Waals surface area contributed by atoms with Crippen molar-refractivity contribution in [3.8, 4) is 0 Å². The third-order valence-electron chi connectivity index (χ3n) is 4.63. The zero-order chi connectivity index (χ0) is 14.5. The lowest BCUT2D eigenvalue weighted by atomic mass is 9.90. The van der Waals surface area contributed by atoms with Gasteiger partial charge >= 0.3 is 0 Å². The molecule has 2 N–H and O–H groups in total. The minimum atomic E-state index is 0.443. The molecule has 1 saturated carbocycles. The fourth-order valence-electron chi connectivity index (χ4n) is 3.36. The quantitative estimate of drug-likeness (QED) is 0.845. The van der Waals surface area contributed by atoms with Crippen LogP contribution in [0.3, 0.4) is 0 Å². The summed E-state index contributed by atoms with van der Waals surface area (Å²) in [6, 6.07) is 6.37. The van der Waals surface area contributed by atoms with E-state index in [0.717, 1.165) is 12.5 Å². The van der Waals surface area contributed by atoms with Gasteiger partial charge in [0.2, 0.25) is 0 Å². The fourth-order valence-corrected chi connectivity index (χ4v) is 4.38. The van der Waals surface area contributed by atoms with Crippen molar-refractivity contribution in [2.45, 2.75) is 77.4 Å². The zero-order valence-electron chi connectivity index (χ0n) is 13.3. The molecule has 0 saturated heterocycles. The molecule has 1 fully saturated rings. The summed E-state index contributed by atoms with van der Waals surface area (Å²) in [7, 11) is 0. The number of aryl methyl sites for hydroxylation is 1. The Balaban J connectivity index is 2.06. The van der Waals surface area contributed by atoms with Gasteiger partial charge in [0.15, 0.2) is 0 Å². The summed E-state index contributed by atoms with van der Waals surface area (Å²) in [5.74, 6) is 0. The Bertz CT molecular complexity index is 393. The third-order valence-corrected chi connectivity index (χ3v) is 6.03.